The van der Waals surface area contributed by atoms with Gasteiger partial charge in [-0.2, -0.15) is 5.26 Å². The minimum atomic E-state index is -0.475. The molecule has 0 fully saturated rings. The third-order valence-corrected chi connectivity index (χ3v) is 2.31. The number of nitrogens with zero attached hydrogens (tertiary/aromatic N) is 1. The van der Waals surface area contributed by atoms with E-state index in [9.17, 15) is 4.39 Å². The highest BCUT2D eigenvalue weighted by molar-refractivity contribution is 5.34. The molecule has 0 bridgehead atoms. The van der Waals surface area contributed by atoms with Crippen LogP contribution < -0.4 is 5.32 Å². The Balaban J connectivity index is 2.35. The van der Waals surface area contributed by atoms with Crippen molar-refractivity contribution in [2.45, 2.75) is 20.0 Å². The molecule has 17 heavy (non-hydrogen) atoms. The van der Waals surface area contributed by atoms with Gasteiger partial charge in [-0.3, -0.25) is 0 Å². The second-order valence-electron chi connectivity index (χ2n) is 3.69. The van der Waals surface area contributed by atoms with Gasteiger partial charge in [0.05, 0.1) is 18.8 Å². The fourth-order valence-electron chi connectivity index (χ4n) is 1.41. The Kier molecular flexibility index (Phi) is 6.23. The number of nitriles is 1. The zero-order valence-corrected chi connectivity index (χ0v) is 10.0. The molecule has 4 heteroatoms. The minimum Gasteiger partial charge on any atom is -0.375 e. The smallest absolute Gasteiger partial charge is 0.146 e. The first-order chi connectivity index (χ1) is 8.29. The molecule has 0 unspecified atom stereocenters. The topological polar surface area (TPSA) is 45.0 Å². The number of halogens is 1. The van der Waals surface area contributed by atoms with Crippen LogP contribution >= 0.6 is 0 Å². The van der Waals surface area contributed by atoms with Gasteiger partial charge in [0, 0.05) is 12.1 Å². The van der Waals surface area contributed by atoms with Gasteiger partial charge < -0.3 is 10.1 Å². The second-order valence-corrected chi connectivity index (χ2v) is 3.69. The van der Waals surface area contributed by atoms with E-state index < -0.39 is 5.82 Å². The summed E-state index contributed by atoms with van der Waals surface area (Å²) in [4.78, 5) is 0. The lowest BCUT2D eigenvalue weighted by Crippen LogP contribution is -2.20. The van der Waals surface area contributed by atoms with E-state index in [1.165, 1.54) is 6.07 Å². The van der Waals surface area contributed by atoms with Gasteiger partial charge in [0.15, 0.2) is 0 Å². The van der Waals surface area contributed by atoms with Crippen molar-refractivity contribution in [3.05, 3.63) is 35.1 Å². The average Bonchev–Trinajstić information content (AvgIpc) is 2.35. The average molecular weight is 236 g/mol. The molecule has 0 aliphatic heterocycles. The lowest BCUT2D eigenvalue weighted by molar-refractivity contribution is 0.120. The van der Waals surface area contributed by atoms with Gasteiger partial charge in [0.1, 0.15) is 11.9 Å². The molecule has 0 aliphatic rings. The zero-order chi connectivity index (χ0) is 12.5. The predicted molar refractivity (Wildman–Crippen MR) is 63.9 cm³/mol. The number of nitrogens with one attached hydrogen (secondary N) is 1. The van der Waals surface area contributed by atoms with Crippen molar-refractivity contribution in [3.63, 3.8) is 0 Å². The number of rotatable bonds is 7. The quantitative estimate of drug-likeness (QED) is 0.738. The van der Waals surface area contributed by atoms with Crippen molar-refractivity contribution in [1.82, 2.24) is 5.32 Å². The molecule has 1 N–H and O–H groups in total. The monoisotopic (exact) mass is 236 g/mol. The van der Waals surface area contributed by atoms with Crippen LogP contribution in [0.2, 0.25) is 0 Å². The Morgan fingerprint density at radius 1 is 1.41 bits per heavy atom. The SMILES string of the molecule is CCCNCCOCc1cccc(C#N)c1F. The molecule has 0 heterocycles. The van der Waals surface area contributed by atoms with Crippen LogP contribution in [0.4, 0.5) is 4.39 Å². The largest absolute Gasteiger partial charge is 0.375 e. The highest BCUT2D eigenvalue weighted by atomic mass is 19.1. The standard InChI is InChI=1S/C13H17FN2O/c1-2-6-16-7-8-17-10-12-5-3-4-11(9-15)13(12)14/h3-5,16H,2,6-8,10H2,1H3. The summed E-state index contributed by atoms with van der Waals surface area (Å²) < 4.78 is 18.9. The van der Waals surface area contributed by atoms with Crippen LogP contribution in [0.5, 0.6) is 0 Å². The van der Waals surface area contributed by atoms with Crippen molar-refractivity contribution >= 4 is 0 Å². The van der Waals surface area contributed by atoms with Crippen LogP contribution in [0.1, 0.15) is 24.5 Å². The third-order valence-electron chi connectivity index (χ3n) is 2.31. The lowest BCUT2D eigenvalue weighted by atomic mass is 10.1. The molecule has 0 amide bonds. The molecule has 0 atom stereocenters. The van der Waals surface area contributed by atoms with E-state index in [1.807, 2.05) is 6.07 Å². The Morgan fingerprint density at radius 2 is 2.24 bits per heavy atom. The molecule has 0 aromatic heterocycles. The Labute approximate surface area is 101 Å². The van der Waals surface area contributed by atoms with Crippen LogP contribution in [0, 0.1) is 17.1 Å². The highest BCUT2D eigenvalue weighted by Gasteiger charge is 2.06. The van der Waals surface area contributed by atoms with Crippen molar-refractivity contribution < 1.29 is 9.13 Å². The molecule has 1 aromatic rings. The number of hydrogen-bond acceptors (Lipinski definition) is 3. The molecule has 0 aliphatic carbocycles. The van der Waals surface area contributed by atoms with Crippen LogP contribution in [-0.2, 0) is 11.3 Å². The molecule has 0 spiro atoms. The Bertz CT molecular complexity index is 387. The summed E-state index contributed by atoms with van der Waals surface area (Å²) >= 11 is 0. The molecule has 92 valence electrons. The van der Waals surface area contributed by atoms with Crippen LogP contribution in [0.25, 0.3) is 0 Å². The number of benzene rings is 1. The zero-order valence-electron chi connectivity index (χ0n) is 10.0. The van der Waals surface area contributed by atoms with Crippen molar-refractivity contribution in [2.24, 2.45) is 0 Å². The van der Waals surface area contributed by atoms with E-state index in [4.69, 9.17) is 10.00 Å². The Hall–Kier alpha value is -1.44. The maximum atomic E-state index is 13.6. The maximum absolute atomic E-state index is 13.6. The lowest BCUT2D eigenvalue weighted by Gasteiger charge is -2.06. The van der Waals surface area contributed by atoms with Crippen LogP contribution in [0.3, 0.4) is 0 Å². The van der Waals surface area contributed by atoms with E-state index in [1.54, 1.807) is 12.1 Å². The molecule has 1 aromatic carbocycles. The molecular formula is C13H17FN2O. The summed E-state index contributed by atoms with van der Waals surface area (Å²) in [5.41, 5.74) is 0.495. The summed E-state index contributed by atoms with van der Waals surface area (Å²) in [5.74, 6) is -0.475. The molecule has 1 rings (SSSR count). The number of ether oxygens (including phenoxy) is 1. The maximum Gasteiger partial charge on any atom is 0.146 e. The van der Waals surface area contributed by atoms with Crippen molar-refractivity contribution in [1.29, 1.82) is 5.26 Å². The summed E-state index contributed by atoms with van der Waals surface area (Å²) in [7, 11) is 0. The highest BCUT2D eigenvalue weighted by Crippen LogP contribution is 2.12. The first-order valence-corrected chi connectivity index (χ1v) is 5.75. The summed E-state index contributed by atoms with van der Waals surface area (Å²) in [6.45, 7) is 4.55. The summed E-state index contributed by atoms with van der Waals surface area (Å²) in [6.07, 6.45) is 1.08. The summed E-state index contributed by atoms with van der Waals surface area (Å²) in [5, 5.41) is 11.9. The first-order valence-electron chi connectivity index (χ1n) is 5.75. The van der Waals surface area contributed by atoms with Gasteiger partial charge in [-0.05, 0) is 19.0 Å². The van der Waals surface area contributed by atoms with Gasteiger partial charge in [-0.1, -0.05) is 19.1 Å². The molecule has 0 saturated heterocycles. The van der Waals surface area contributed by atoms with E-state index in [0.29, 0.717) is 12.2 Å². The molecule has 3 nitrogen and oxygen atoms in total. The fourth-order valence-corrected chi connectivity index (χ4v) is 1.41. The molecule has 0 radical (unpaired) electrons. The first kappa shape index (κ1) is 13.6. The van der Waals surface area contributed by atoms with E-state index in [2.05, 4.69) is 12.2 Å². The van der Waals surface area contributed by atoms with Gasteiger partial charge in [0.2, 0.25) is 0 Å². The van der Waals surface area contributed by atoms with Crippen molar-refractivity contribution in [3.8, 4) is 6.07 Å². The molecular weight excluding hydrogens is 219 g/mol. The van der Waals surface area contributed by atoms with Gasteiger partial charge >= 0.3 is 0 Å². The summed E-state index contributed by atoms with van der Waals surface area (Å²) in [6, 6.07) is 6.57. The van der Waals surface area contributed by atoms with E-state index in [-0.39, 0.29) is 12.2 Å². The van der Waals surface area contributed by atoms with Crippen LogP contribution in [0.15, 0.2) is 18.2 Å². The fraction of sp³-hybridized carbons (Fsp3) is 0.462. The van der Waals surface area contributed by atoms with Gasteiger partial charge in [-0.15, -0.1) is 0 Å². The minimum absolute atomic E-state index is 0.0650. The van der Waals surface area contributed by atoms with Gasteiger partial charge in [0.25, 0.3) is 0 Å². The van der Waals surface area contributed by atoms with Gasteiger partial charge in [-0.25, -0.2) is 4.39 Å². The van der Waals surface area contributed by atoms with E-state index >= 15 is 0 Å². The van der Waals surface area contributed by atoms with Crippen LogP contribution in [-0.4, -0.2) is 19.7 Å². The normalized spacial score (nSPS) is 10.2. The van der Waals surface area contributed by atoms with E-state index in [0.717, 1.165) is 19.5 Å². The Morgan fingerprint density at radius 3 is 2.94 bits per heavy atom. The molecule has 0 saturated carbocycles. The third kappa shape index (κ3) is 4.51. The predicted octanol–water partition coefficient (Wildman–Crippen LogP) is 2.21. The number of hydrogen-bond donors (Lipinski definition) is 1. The second kappa shape index (κ2) is 7.77. The van der Waals surface area contributed by atoms with Crippen molar-refractivity contribution in [2.75, 3.05) is 19.7 Å².